The van der Waals surface area contributed by atoms with E-state index in [9.17, 15) is 14.9 Å². The van der Waals surface area contributed by atoms with Crippen LogP contribution in [-0.2, 0) is 0 Å². The van der Waals surface area contributed by atoms with Crippen LogP contribution in [0, 0.1) is 10.1 Å². The molecule has 0 saturated carbocycles. The highest BCUT2D eigenvalue weighted by molar-refractivity contribution is 5.94. The Hall–Kier alpha value is -4.67. The van der Waals surface area contributed by atoms with Crippen molar-refractivity contribution >= 4 is 17.4 Å². The van der Waals surface area contributed by atoms with Crippen LogP contribution in [0.2, 0.25) is 0 Å². The number of nitrogen functional groups attached to an aromatic ring is 1. The third-order valence-corrected chi connectivity index (χ3v) is 4.57. The summed E-state index contributed by atoms with van der Waals surface area (Å²) in [7, 11) is 3.36. The summed E-state index contributed by atoms with van der Waals surface area (Å²) in [5, 5.41) is 18.9. The Kier molecular flexibility index (Phi) is 5.29. The molecule has 11 heteroatoms. The van der Waals surface area contributed by atoms with E-state index in [2.05, 4.69) is 20.2 Å². The van der Waals surface area contributed by atoms with Crippen LogP contribution in [0.1, 0.15) is 10.4 Å². The van der Waals surface area contributed by atoms with Crippen LogP contribution in [0.25, 0.3) is 34.3 Å². The van der Waals surface area contributed by atoms with Crippen LogP contribution >= 0.6 is 0 Å². The van der Waals surface area contributed by atoms with Gasteiger partial charge in [0, 0.05) is 42.9 Å². The fourth-order valence-corrected chi connectivity index (χ4v) is 2.92. The van der Waals surface area contributed by atoms with Gasteiger partial charge >= 0.3 is 0 Å². The van der Waals surface area contributed by atoms with Gasteiger partial charge in [-0.1, -0.05) is 18.2 Å². The number of rotatable bonds is 5. The smallest absolute Gasteiger partial charge is 0.270 e. The predicted octanol–water partition coefficient (Wildman–Crippen LogP) is 3.05. The van der Waals surface area contributed by atoms with Crippen molar-refractivity contribution in [2.75, 3.05) is 19.8 Å². The summed E-state index contributed by atoms with van der Waals surface area (Å²) in [4.78, 5) is 32.7. The second kappa shape index (κ2) is 8.22. The van der Waals surface area contributed by atoms with Crippen LogP contribution in [0.5, 0.6) is 0 Å². The minimum absolute atomic E-state index is 0.0257. The zero-order chi connectivity index (χ0) is 22.8. The fourth-order valence-electron chi connectivity index (χ4n) is 2.92. The molecule has 160 valence electrons. The van der Waals surface area contributed by atoms with Gasteiger partial charge in [-0.05, 0) is 18.2 Å². The highest BCUT2D eigenvalue weighted by Gasteiger charge is 2.18. The molecular formula is C21H17N7O4. The quantitative estimate of drug-likeness (QED) is 0.371. The average molecular weight is 431 g/mol. The standard InChI is InChI=1S/C21H17N7O4/c1-27(2)21(29)13-8-6-12(7-9-13)16-11-23-18(22)17(24-16)20-26-25-19(32-20)14-4-3-5-15(10-14)28(30)31/h3-11H,1-2H3,(H2,22,23). The summed E-state index contributed by atoms with van der Waals surface area (Å²) < 4.78 is 5.66. The third kappa shape index (κ3) is 3.99. The van der Waals surface area contributed by atoms with Gasteiger partial charge in [-0.15, -0.1) is 10.2 Å². The van der Waals surface area contributed by atoms with Crippen LogP contribution < -0.4 is 5.73 Å². The maximum atomic E-state index is 12.1. The van der Waals surface area contributed by atoms with Gasteiger partial charge in [0.1, 0.15) is 0 Å². The minimum Gasteiger partial charge on any atom is -0.414 e. The van der Waals surface area contributed by atoms with E-state index < -0.39 is 4.92 Å². The number of carbonyl (C=O) groups excluding carboxylic acids is 1. The zero-order valence-corrected chi connectivity index (χ0v) is 17.1. The molecule has 2 heterocycles. The average Bonchev–Trinajstić information content (AvgIpc) is 3.29. The van der Waals surface area contributed by atoms with E-state index in [0.29, 0.717) is 22.4 Å². The largest absolute Gasteiger partial charge is 0.414 e. The molecule has 4 aromatic rings. The summed E-state index contributed by atoms with van der Waals surface area (Å²) in [6.45, 7) is 0. The Morgan fingerprint density at radius 1 is 1.06 bits per heavy atom. The molecule has 0 radical (unpaired) electrons. The summed E-state index contributed by atoms with van der Waals surface area (Å²) in [6.07, 6.45) is 1.50. The van der Waals surface area contributed by atoms with Gasteiger partial charge in [0.05, 0.1) is 16.8 Å². The van der Waals surface area contributed by atoms with Crippen molar-refractivity contribution in [3.05, 3.63) is 70.4 Å². The predicted molar refractivity (Wildman–Crippen MR) is 115 cm³/mol. The van der Waals surface area contributed by atoms with Crippen LogP contribution in [0.4, 0.5) is 11.5 Å². The lowest BCUT2D eigenvalue weighted by atomic mass is 10.1. The van der Waals surface area contributed by atoms with Crippen molar-refractivity contribution in [1.82, 2.24) is 25.1 Å². The summed E-state index contributed by atoms with van der Waals surface area (Å²) in [6, 6.07) is 12.7. The Morgan fingerprint density at radius 2 is 1.78 bits per heavy atom. The molecule has 2 N–H and O–H groups in total. The molecule has 0 aliphatic heterocycles. The number of hydrogen-bond donors (Lipinski definition) is 1. The molecule has 2 aromatic carbocycles. The summed E-state index contributed by atoms with van der Waals surface area (Å²) >= 11 is 0. The number of carbonyl (C=O) groups is 1. The van der Waals surface area contributed by atoms with E-state index >= 15 is 0 Å². The van der Waals surface area contributed by atoms with Crippen LogP contribution in [-0.4, -0.2) is 50.0 Å². The van der Waals surface area contributed by atoms with Gasteiger partial charge in [0.25, 0.3) is 17.5 Å². The van der Waals surface area contributed by atoms with Crippen molar-refractivity contribution in [2.24, 2.45) is 0 Å². The number of aromatic nitrogens is 4. The molecule has 0 atom stereocenters. The van der Waals surface area contributed by atoms with Crippen LogP contribution in [0.3, 0.4) is 0 Å². The number of nitro benzene ring substituents is 1. The van der Waals surface area contributed by atoms with Crippen molar-refractivity contribution < 1.29 is 14.1 Å². The first kappa shape index (κ1) is 20.6. The second-order valence-electron chi connectivity index (χ2n) is 6.99. The number of anilines is 1. The van der Waals surface area contributed by atoms with E-state index in [0.717, 1.165) is 0 Å². The Labute approximate surface area is 181 Å². The molecule has 1 amide bonds. The molecular weight excluding hydrogens is 414 g/mol. The Balaban J connectivity index is 1.66. The molecule has 2 aromatic heterocycles. The Morgan fingerprint density at radius 3 is 2.47 bits per heavy atom. The lowest BCUT2D eigenvalue weighted by molar-refractivity contribution is -0.384. The monoisotopic (exact) mass is 431 g/mol. The number of amides is 1. The molecule has 4 rings (SSSR count). The van der Waals surface area contributed by atoms with Crippen molar-refractivity contribution in [1.29, 1.82) is 0 Å². The number of nitro groups is 1. The maximum absolute atomic E-state index is 12.1. The van der Waals surface area contributed by atoms with Gasteiger partial charge in [-0.2, -0.15) is 0 Å². The normalized spacial score (nSPS) is 10.7. The van der Waals surface area contributed by atoms with Gasteiger partial charge < -0.3 is 15.1 Å². The van der Waals surface area contributed by atoms with Gasteiger partial charge in [-0.3, -0.25) is 14.9 Å². The van der Waals surface area contributed by atoms with Crippen molar-refractivity contribution in [3.63, 3.8) is 0 Å². The van der Waals surface area contributed by atoms with Crippen LogP contribution in [0.15, 0.2) is 59.1 Å². The molecule has 0 aliphatic rings. The molecule has 0 spiro atoms. The number of benzene rings is 2. The molecule has 32 heavy (non-hydrogen) atoms. The van der Waals surface area contributed by atoms with Gasteiger partial charge in [0.2, 0.25) is 5.89 Å². The molecule has 0 saturated heterocycles. The first-order valence-corrected chi connectivity index (χ1v) is 9.37. The number of non-ortho nitro benzene ring substituents is 1. The van der Waals surface area contributed by atoms with E-state index in [1.165, 1.54) is 29.3 Å². The van der Waals surface area contributed by atoms with Gasteiger partial charge in [0.15, 0.2) is 11.5 Å². The van der Waals surface area contributed by atoms with Crippen molar-refractivity contribution in [2.45, 2.75) is 0 Å². The zero-order valence-electron chi connectivity index (χ0n) is 17.1. The second-order valence-corrected chi connectivity index (χ2v) is 6.99. The number of hydrogen-bond acceptors (Lipinski definition) is 9. The van der Waals surface area contributed by atoms with Gasteiger partial charge in [-0.25, -0.2) is 9.97 Å². The topological polar surface area (TPSA) is 154 Å². The highest BCUT2D eigenvalue weighted by Crippen LogP contribution is 2.29. The SMILES string of the molecule is CN(C)C(=O)c1ccc(-c2cnc(N)c(-c3nnc(-c4cccc([N+](=O)[O-])c4)o3)n2)cc1. The molecule has 0 aliphatic carbocycles. The fraction of sp³-hybridized carbons (Fsp3) is 0.0952. The van der Waals surface area contributed by atoms with E-state index in [4.69, 9.17) is 10.2 Å². The Bertz CT molecular complexity index is 1320. The lowest BCUT2D eigenvalue weighted by Gasteiger charge is -2.10. The lowest BCUT2D eigenvalue weighted by Crippen LogP contribution is -2.21. The molecule has 0 bridgehead atoms. The first-order valence-electron chi connectivity index (χ1n) is 9.37. The van der Waals surface area contributed by atoms with E-state index in [1.807, 2.05) is 0 Å². The first-order chi connectivity index (χ1) is 15.3. The summed E-state index contributed by atoms with van der Waals surface area (Å²) in [5.74, 6) is 0.0854. The van der Waals surface area contributed by atoms with E-state index in [1.54, 1.807) is 44.4 Å². The highest BCUT2D eigenvalue weighted by atomic mass is 16.6. The molecule has 0 fully saturated rings. The number of nitrogens with zero attached hydrogens (tertiary/aromatic N) is 6. The summed E-state index contributed by atoms with van der Waals surface area (Å²) in [5.41, 5.74) is 8.19. The molecule has 0 unspecified atom stereocenters. The van der Waals surface area contributed by atoms with Crippen molar-refractivity contribution in [3.8, 4) is 34.3 Å². The maximum Gasteiger partial charge on any atom is 0.270 e. The number of nitrogens with two attached hydrogens (primary N) is 1. The third-order valence-electron chi connectivity index (χ3n) is 4.57. The molecule has 11 nitrogen and oxygen atoms in total. The minimum atomic E-state index is -0.509. The van der Waals surface area contributed by atoms with E-state index in [-0.39, 0.29) is 34.9 Å².